The number of amides is 2. The SMILES string of the molecule is CC(=O)NC(CC(C)S)C(N)=O. The summed E-state index contributed by atoms with van der Waals surface area (Å²) in [6.45, 7) is 3.18. The molecule has 2 unspecified atom stereocenters. The van der Waals surface area contributed by atoms with E-state index in [-0.39, 0.29) is 11.2 Å². The van der Waals surface area contributed by atoms with E-state index in [1.165, 1.54) is 6.92 Å². The number of hydrogen-bond donors (Lipinski definition) is 3. The van der Waals surface area contributed by atoms with E-state index in [0.29, 0.717) is 6.42 Å². The van der Waals surface area contributed by atoms with Gasteiger partial charge in [0.1, 0.15) is 6.04 Å². The highest BCUT2D eigenvalue weighted by atomic mass is 32.1. The van der Waals surface area contributed by atoms with E-state index in [9.17, 15) is 9.59 Å². The molecule has 0 heterocycles. The fourth-order valence-corrected chi connectivity index (χ4v) is 1.04. The molecule has 5 heteroatoms. The van der Waals surface area contributed by atoms with Crippen LogP contribution in [0.4, 0.5) is 0 Å². The molecule has 0 radical (unpaired) electrons. The number of carbonyl (C=O) groups is 2. The van der Waals surface area contributed by atoms with Crippen LogP contribution in [0.2, 0.25) is 0 Å². The maximum atomic E-state index is 10.7. The van der Waals surface area contributed by atoms with E-state index in [2.05, 4.69) is 17.9 Å². The van der Waals surface area contributed by atoms with E-state index in [0.717, 1.165) is 0 Å². The van der Waals surface area contributed by atoms with Crippen LogP contribution in [0.15, 0.2) is 0 Å². The molecule has 0 aromatic heterocycles. The molecule has 4 nitrogen and oxygen atoms in total. The Morgan fingerprint density at radius 3 is 2.33 bits per heavy atom. The van der Waals surface area contributed by atoms with Gasteiger partial charge in [0, 0.05) is 12.2 Å². The van der Waals surface area contributed by atoms with Crippen molar-refractivity contribution < 1.29 is 9.59 Å². The molecule has 0 aliphatic carbocycles. The number of thiol groups is 1. The summed E-state index contributed by atoms with van der Waals surface area (Å²) < 4.78 is 0. The quantitative estimate of drug-likeness (QED) is 0.532. The number of primary amides is 1. The molecule has 2 atom stereocenters. The standard InChI is InChI=1S/C7H14N2O2S/c1-4(12)3-6(7(8)11)9-5(2)10/h4,6,12H,3H2,1-2H3,(H2,8,11)(H,9,10). The van der Waals surface area contributed by atoms with Gasteiger partial charge in [0.05, 0.1) is 0 Å². The Bertz CT molecular complexity index is 182. The van der Waals surface area contributed by atoms with Crippen LogP contribution < -0.4 is 11.1 Å². The van der Waals surface area contributed by atoms with Crippen molar-refractivity contribution >= 4 is 24.4 Å². The van der Waals surface area contributed by atoms with Crippen molar-refractivity contribution in [2.45, 2.75) is 31.6 Å². The number of hydrogen-bond acceptors (Lipinski definition) is 3. The first-order chi connectivity index (χ1) is 5.43. The molecule has 0 rings (SSSR count). The van der Waals surface area contributed by atoms with Crippen molar-refractivity contribution in [1.82, 2.24) is 5.32 Å². The lowest BCUT2D eigenvalue weighted by atomic mass is 10.1. The van der Waals surface area contributed by atoms with Crippen molar-refractivity contribution in [3.05, 3.63) is 0 Å². The van der Waals surface area contributed by atoms with Gasteiger partial charge in [-0.3, -0.25) is 9.59 Å². The second-order valence-electron chi connectivity index (χ2n) is 2.74. The van der Waals surface area contributed by atoms with Crippen LogP contribution >= 0.6 is 12.6 Å². The molecule has 3 N–H and O–H groups in total. The topological polar surface area (TPSA) is 72.2 Å². The largest absolute Gasteiger partial charge is 0.368 e. The van der Waals surface area contributed by atoms with E-state index in [1.54, 1.807) is 0 Å². The van der Waals surface area contributed by atoms with Crippen molar-refractivity contribution in [3.8, 4) is 0 Å². The molecule has 12 heavy (non-hydrogen) atoms. The third-order valence-corrected chi connectivity index (χ3v) is 1.51. The predicted molar refractivity (Wildman–Crippen MR) is 49.9 cm³/mol. The summed E-state index contributed by atoms with van der Waals surface area (Å²) in [7, 11) is 0. The second-order valence-corrected chi connectivity index (χ2v) is 3.62. The lowest BCUT2D eigenvalue weighted by molar-refractivity contribution is -0.126. The number of nitrogens with two attached hydrogens (primary N) is 1. The van der Waals surface area contributed by atoms with E-state index in [4.69, 9.17) is 5.73 Å². The van der Waals surface area contributed by atoms with Gasteiger partial charge in [0.15, 0.2) is 0 Å². The van der Waals surface area contributed by atoms with Gasteiger partial charge in [-0.25, -0.2) is 0 Å². The second kappa shape index (κ2) is 5.03. The van der Waals surface area contributed by atoms with Gasteiger partial charge in [-0.15, -0.1) is 0 Å². The average Bonchev–Trinajstić information content (AvgIpc) is 1.83. The molecule has 0 saturated carbocycles. The Kier molecular flexibility index (Phi) is 4.73. The first-order valence-corrected chi connectivity index (χ1v) is 4.19. The number of rotatable bonds is 4. The van der Waals surface area contributed by atoms with Crippen LogP contribution in [0.25, 0.3) is 0 Å². The molecule has 0 aromatic carbocycles. The fourth-order valence-electron chi connectivity index (χ4n) is 0.833. The van der Waals surface area contributed by atoms with Gasteiger partial charge >= 0.3 is 0 Å². The van der Waals surface area contributed by atoms with Gasteiger partial charge in [-0.2, -0.15) is 12.6 Å². The molecular formula is C7H14N2O2S. The van der Waals surface area contributed by atoms with Gasteiger partial charge < -0.3 is 11.1 Å². The van der Waals surface area contributed by atoms with E-state index >= 15 is 0 Å². The normalized spacial score (nSPS) is 14.9. The Morgan fingerprint density at radius 2 is 2.08 bits per heavy atom. The minimum absolute atomic E-state index is 0.0364. The summed E-state index contributed by atoms with van der Waals surface area (Å²) in [5.41, 5.74) is 5.05. The molecule has 0 saturated heterocycles. The summed E-state index contributed by atoms with van der Waals surface area (Å²) in [6.07, 6.45) is 0.456. The van der Waals surface area contributed by atoms with Crippen molar-refractivity contribution in [1.29, 1.82) is 0 Å². The Morgan fingerprint density at radius 1 is 1.58 bits per heavy atom. The van der Waals surface area contributed by atoms with E-state index in [1.807, 2.05) is 6.92 Å². The molecule has 0 aliphatic heterocycles. The minimum atomic E-state index is -0.602. The molecule has 2 amide bonds. The summed E-state index contributed by atoms with van der Waals surface area (Å²) in [4.78, 5) is 21.3. The average molecular weight is 190 g/mol. The van der Waals surface area contributed by atoms with E-state index < -0.39 is 11.9 Å². The first kappa shape index (κ1) is 11.3. The summed E-state index contributed by atoms with van der Waals surface area (Å²) in [6, 6.07) is -0.602. The molecule has 0 spiro atoms. The Balaban J connectivity index is 4.04. The van der Waals surface area contributed by atoms with Crippen molar-refractivity contribution in [2.75, 3.05) is 0 Å². The van der Waals surface area contributed by atoms with Crippen molar-refractivity contribution in [3.63, 3.8) is 0 Å². The molecule has 0 fully saturated rings. The van der Waals surface area contributed by atoms with Crippen LogP contribution in [0.1, 0.15) is 20.3 Å². The highest BCUT2D eigenvalue weighted by molar-refractivity contribution is 7.80. The van der Waals surface area contributed by atoms with Crippen LogP contribution in [0.5, 0.6) is 0 Å². The molecule has 0 aliphatic rings. The third kappa shape index (κ3) is 5.01. The zero-order valence-electron chi connectivity index (χ0n) is 7.20. The Hall–Kier alpha value is -0.710. The zero-order valence-corrected chi connectivity index (χ0v) is 8.10. The number of nitrogens with one attached hydrogen (secondary N) is 1. The monoisotopic (exact) mass is 190 g/mol. The summed E-state index contributed by atoms with van der Waals surface area (Å²) in [5.74, 6) is -0.779. The third-order valence-electron chi connectivity index (χ3n) is 1.30. The van der Waals surface area contributed by atoms with Crippen LogP contribution in [0, 0.1) is 0 Å². The fraction of sp³-hybridized carbons (Fsp3) is 0.714. The highest BCUT2D eigenvalue weighted by Crippen LogP contribution is 2.03. The minimum Gasteiger partial charge on any atom is -0.368 e. The maximum absolute atomic E-state index is 10.7. The maximum Gasteiger partial charge on any atom is 0.240 e. The van der Waals surface area contributed by atoms with Crippen LogP contribution in [-0.4, -0.2) is 23.1 Å². The molecular weight excluding hydrogens is 176 g/mol. The van der Waals surface area contributed by atoms with Gasteiger partial charge in [0.2, 0.25) is 11.8 Å². The predicted octanol–water partition coefficient (Wildman–Crippen LogP) is -0.315. The van der Waals surface area contributed by atoms with Crippen LogP contribution in [0.3, 0.4) is 0 Å². The zero-order chi connectivity index (χ0) is 9.72. The molecule has 0 bridgehead atoms. The Labute approximate surface area is 77.3 Å². The highest BCUT2D eigenvalue weighted by Gasteiger charge is 2.17. The molecule has 70 valence electrons. The summed E-state index contributed by atoms with van der Waals surface area (Å²) in [5, 5.41) is 2.48. The lowest BCUT2D eigenvalue weighted by Crippen LogP contribution is -2.44. The first-order valence-electron chi connectivity index (χ1n) is 3.68. The lowest BCUT2D eigenvalue weighted by Gasteiger charge is -2.15. The molecule has 0 aromatic rings. The van der Waals surface area contributed by atoms with Crippen molar-refractivity contribution in [2.24, 2.45) is 5.73 Å². The van der Waals surface area contributed by atoms with Gasteiger partial charge in [-0.05, 0) is 6.42 Å². The van der Waals surface area contributed by atoms with Gasteiger partial charge in [0.25, 0.3) is 0 Å². The van der Waals surface area contributed by atoms with Gasteiger partial charge in [-0.1, -0.05) is 6.92 Å². The number of carbonyl (C=O) groups excluding carboxylic acids is 2. The summed E-state index contributed by atoms with van der Waals surface area (Å²) >= 11 is 4.10. The smallest absolute Gasteiger partial charge is 0.240 e. The van der Waals surface area contributed by atoms with Crippen LogP contribution in [-0.2, 0) is 9.59 Å².